The predicted octanol–water partition coefficient (Wildman–Crippen LogP) is -1.66. The van der Waals surface area contributed by atoms with E-state index in [2.05, 4.69) is 20.9 Å². The highest BCUT2D eigenvalue weighted by atomic mass is 32.2. The number of carbonyl (C=O) groups excluding carboxylic acids is 3. The lowest BCUT2D eigenvalue weighted by molar-refractivity contribution is -0.141. The summed E-state index contributed by atoms with van der Waals surface area (Å²) in [6, 6.07) is -2.77. The van der Waals surface area contributed by atoms with Crippen molar-refractivity contribution < 1.29 is 24.3 Å². The van der Waals surface area contributed by atoms with Crippen molar-refractivity contribution in [3.63, 3.8) is 0 Å². The van der Waals surface area contributed by atoms with Crippen LogP contribution in [0.3, 0.4) is 0 Å². The van der Waals surface area contributed by atoms with Crippen LogP contribution in [0.1, 0.15) is 39.5 Å². The lowest BCUT2D eigenvalue weighted by Gasteiger charge is -2.25. The van der Waals surface area contributed by atoms with Crippen LogP contribution < -0.4 is 33.2 Å². The van der Waals surface area contributed by atoms with Crippen molar-refractivity contribution >= 4 is 41.4 Å². The van der Waals surface area contributed by atoms with Crippen LogP contribution in [0.2, 0.25) is 0 Å². The van der Waals surface area contributed by atoms with E-state index in [1.165, 1.54) is 11.8 Å². The second-order valence-corrected chi connectivity index (χ2v) is 8.37. The Kier molecular flexibility index (Phi) is 14.9. The van der Waals surface area contributed by atoms with Crippen LogP contribution >= 0.6 is 11.8 Å². The number of hydrogen-bond acceptors (Lipinski definition) is 7. The van der Waals surface area contributed by atoms with E-state index < -0.39 is 48.4 Å². The van der Waals surface area contributed by atoms with E-state index in [4.69, 9.17) is 17.2 Å². The van der Waals surface area contributed by atoms with Gasteiger partial charge in [0.25, 0.3) is 0 Å². The molecule has 32 heavy (non-hydrogen) atoms. The maximum Gasteiger partial charge on any atom is 0.326 e. The van der Waals surface area contributed by atoms with E-state index in [0.29, 0.717) is 31.6 Å². The molecule has 0 fully saturated rings. The molecule has 0 aliphatic heterocycles. The monoisotopic (exact) mass is 475 g/mol. The van der Waals surface area contributed by atoms with Crippen LogP contribution in [0.4, 0.5) is 0 Å². The molecule has 0 saturated heterocycles. The largest absolute Gasteiger partial charge is 0.480 e. The van der Waals surface area contributed by atoms with Crippen molar-refractivity contribution in [1.29, 1.82) is 0 Å². The van der Waals surface area contributed by atoms with E-state index in [-0.39, 0.29) is 18.3 Å². The van der Waals surface area contributed by atoms with Gasteiger partial charge >= 0.3 is 5.97 Å². The van der Waals surface area contributed by atoms with Gasteiger partial charge in [-0.25, -0.2) is 4.79 Å². The quantitative estimate of drug-likeness (QED) is 0.0771. The van der Waals surface area contributed by atoms with Crippen molar-refractivity contribution in [3.05, 3.63) is 0 Å². The number of nitrogens with zero attached hydrogens (tertiary/aromatic N) is 1. The number of aliphatic imine (C=N–C) groups is 1. The van der Waals surface area contributed by atoms with Gasteiger partial charge < -0.3 is 38.3 Å². The third-order valence-electron chi connectivity index (χ3n) is 4.76. The van der Waals surface area contributed by atoms with Gasteiger partial charge in [-0.2, -0.15) is 11.8 Å². The molecular formula is C19H37N7O5S. The topological polar surface area (TPSA) is 215 Å². The minimum absolute atomic E-state index is 0.0421. The van der Waals surface area contributed by atoms with Gasteiger partial charge in [0, 0.05) is 6.54 Å². The number of guanidine groups is 1. The number of carbonyl (C=O) groups is 4. The average molecular weight is 476 g/mol. The minimum Gasteiger partial charge on any atom is -0.480 e. The highest BCUT2D eigenvalue weighted by Gasteiger charge is 2.28. The maximum absolute atomic E-state index is 12.6. The summed E-state index contributed by atoms with van der Waals surface area (Å²) < 4.78 is 0. The van der Waals surface area contributed by atoms with E-state index in [9.17, 15) is 24.3 Å². The van der Waals surface area contributed by atoms with Gasteiger partial charge in [-0.05, 0) is 37.2 Å². The van der Waals surface area contributed by atoms with Crippen molar-refractivity contribution in [3.8, 4) is 0 Å². The third kappa shape index (κ3) is 12.3. The van der Waals surface area contributed by atoms with Crippen LogP contribution in [0.15, 0.2) is 4.99 Å². The van der Waals surface area contributed by atoms with Crippen LogP contribution in [0, 0.1) is 5.92 Å². The predicted molar refractivity (Wildman–Crippen MR) is 125 cm³/mol. The van der Waals surface area contributed by atoms with Crippen LogP contribution in [0.5, 0.6) is 0 Å². The van der Waals surface area contributed by atoms with Gasteiger partial charge in [-0.15, -0.1) is 0 Å². The van der Waals surface area contributed by atoms with Crippen LogP contribution in [-0.2, 0) is 19.2 Å². The van der Waals surface area contributed by atoms with Gasteiger partial charge in [0.2, 0.25) is 17.7 Å². The Morgan fingerprint density at radius 3 is 2.28 bits per heavy atom. The zero-order valence-electron chi connectivity index (χ0n) is 18.9. The molecule has 12 nitrogen and oxygen atoms in total. The Morgan fingerprint density at radius 1 is 1.09 bits per heavy atom. The fraction of sp³-hybridized carbons (Fsp3) is 0.737. The number of nitrogens with two attached hydrogens (primary N) is 3. The molecule has 0 aromatic carbocycles. The van der Waals surface area contributed by atoms with Gasteiger partial charge in [-0.3, -0.25) is 19.4 Å². The first kappa shape index (κ1) is 29.5. The molecule has 0 bridgehead atoms. The Hall–Kier alpha value is -2.54. The summed E-state index contributed by atoms with van der Waals surface area (Å²) in [5, 5.41) is 16.7. The second kappa shape index (κ2) is 16.1. The molecule has 184 valence electrons. The highest BCUT2D eigenvalue weighted by Crippen LogP contribution is 2.09. The zero-order chi connectivity index (χ0) is 24.7. The first-order chi connectivity index (χ1) is 15.0. The molecule has 13 heteroatoms. The average Bonchev–Trinajstić information content (AvgIpc) is 2.74. The van der Waals surface area contributed by atoms with Crippen LogP contribution in [0.25, 0.3) is 0 Å². The smallest absolute Gasteiger partial charge is 0.326 e. The first-order valence-corrected chi connectivity index (χ1v) is 11.8. The second-order valence-electron chi connectivity index (χ2n) is 7.38. The number of aliphatic carboxylic acids is 1. The van der Waals surface area contributed by atoms with E-state index in [0.717, 1.165) is 0 Å². The highest BCUT2D eigenvalue weighted by molar-refractivity contribution is 7.98. The summed E-state index contributed by atoms with van der Waals surface area (Å²) in [6.07, 6.45) is 3.52. The Labute approximate surface area is 192 Å². The molecule has 0 aliphatic carbocycles. The maximum atomic E-state index is 12.6. The lowest BCUT2D eigenvalue weighted by atomic mass is 9.97. The van der Waals surface area contributed by atoms with Gasteiger partial charge in [-0.1, -0.05) is 20.3 Å². The minimum atomic E-state index is -1.14. The summed E-state index contributed by atoms with van der Waals surface area (Å²) in [5.41, 5.74) is 16.4. The fourth-order valence-electron chi connectivity index (χ4n) is 2.63. The first-order valence-electron chi connectivity index (χ1n) is 10.4. The molecule has 0 aromatic rings. The lowest BCUT2D eigenvalue weighted by Crippen LogP contribution is -2.55. The molecule has 3 amide bonds. The standard InChI is InChI=1S/C19H37N7O5S/c1-4-11(2)15(26-16(28)12(20)6-5-8-23-19(21)22)17(29)24-10-14(27)25-13(18(30)31)7-9-32-3/h11-13,15H,4-10,20H2,1-3H3,(H,24,29)(H,25,27)(H,26,28)(H,30,31)(H4,21,22,23). The number of nitrogens with one attached hydrogen (secondary N) is 3. The van der Waals surface area contributed by atoms with Crippen molar-refractivity contribution in [2.75, 3.05) is 25.1 Å². The number of hydrogen-bond donors (Lipinski definition) is 7. The molecule has 0 heterocycles. The van der Waals surface area contributed by atoms with Gasteiger partial charge in [0.05, 0.1) is 12.6 Å². The fourth-order valence-corrected chi connectivity index (χ4v) is 3.10. The van der Waals surface area contributed by atoms with Crippen molar-refractivity contribution in [2.45, 2.75) is 57.7 Å². The summed E-state index contributed by atoms with van der Waals surface area (Å²) in [5.74, 6) is -2.51. The number of carboxylic acids is 1. The molecule has 4 unspecified atom stereocenters. The molecule has 0 radical (unpaired) electrons. The number of carboxylic acid groups (broad SMARTS) is 1. The summed E-state index contributed by atoms with van der Waals surface area (Å²) in [7, 11) is 0. The number of amides is 3. The molecule has 0 aromatic heterocycles. The molecule has 4 atom stereocenters. The number of thioether (sulfide) groups is 1. The van der Waals surface area contributed by atoms with E-state index >= 15 is 0 Å². The van der Waals surface area contributed by atoms with E-state index in [1.54, 1.807) is 6.92 Å². The van der Waals surface area contributed by atoms with Gasteiger partial charge in [0.1, 0.15) is 12.1 Å². The third-order valence-corrected chi connectivity index (χ3v) is 5.41. The summed E-state index contributed by atoms with van der Waals surface area (Å²) >= 11 is 1.47. The summed E-state index contributed by atoms with van der Waals surface area (Å²) in [6.45, 7) is 3.58. The Bertz CT molecular complexity index is 658. The van der Waals surface area contributed by atoms with Crippen molar-refractivity contribution in [2.24, 2.45) is 28.1 Å². The van der Waals surface area contributed by atoms with Gasteiger partial charge in [0.15, 0.2) is 5.96 Å². The Morgan fingerprint density at radius 2 is 1.75 bits per heavy atom. The number of rotatable bonds is 16. The Balaban J connectivity index is 4.80. The molecule has 10 N–H and O–H groups in total. The zero-order valence-corrected chi connectivity index (χ0v) is 19.7. The van der Waals surface area contributed by atoms with E-state index in [1.807, 2.05) is 13.2 Å². The molecule has 0 aliphatic rings. The molecule has 0 rings (SSSR count). The summed E-state index contributed by atoms with van der Waals surface area (Å²) in [4.78, 5) is 52.2. The normalized spacial score (nSPS) is 14.4. The van der Waals surface area contributed by atoms with Crippen LogP contribution in [-0.4, -0.2) is 78.0 Å². The van der Waals surface area contributed by atoms with Crippen molar-refractivity contribution in [1.82, 2.24) is 16.0 Å². The SMILES string of the molecule is CCC(C)C(NC(=O)C(N)CCCN=C(N)N)C(=O)NCC(=O)NC(CCSC)C(=O)O. The molecule has 0 spiro atoms. The molecular weight excluding hydrogens is 438 g/mol. The molecule has 0 saturated carbocycles.